The summed E-state index contributed by atoms with van der Waals surface area (Å²) in [6, 6.07) is 1.96. The number of benzene rings is 1. The van der Waals surface area contributed by atoms with E-state index in [9.17, 15) is 0 Å². The fourth-order valence-corrected chi connectivity index (χ4v) is 3.24. The van der Waals surface area contributed by atoms with Crippen molar-refractivity contribution in [3.63, 3.8) is 0 Å². The minimum Gasteiger partial charge on any atom is -0.490 e. The van der Waals surface area contributed by atoms with Crippen LogP contribution in [-0.4, -0.2) is 13.2 Å². The van der Waals surface area contributed by atoms with Crippen LogP contribution < -0.4 is 15.2 Å². The summed E-state index contributed by atoms with van der Waals surface area (Å²) >= 11 is 3.57. The van der Waals surface area contributed by atoms with E-state index in [2.05, 4.69) is 15.9 Å². The second-order valence-corrected chi connectivity index (χ2v) is 5.81. The first-order valence-corrected chi connectivity index (χ1v) is 6.58. The van der Waals surface area contributed by atoms with Crippen molar-refractivity contribution in [3.8, 4) is 11.5 Å². The fourth-order valence-electron chi connectivity index (χ4n) is 2.22. The largest absolute Gasteiger partial charge is 0.490 e. The molecule has 94 valence electrons. The zero-order chi connectivity index (χ0) is 12.6. The van der Waals surface area contributed by atoms with E-state index in [0.29, 0.717) is 13.2 Å². The van der Waals surface area contributed by atoms with Crippen molar-refractivity contribution >= 4 is 15.9 Å². The second-order valence-electron chi connectivity index (χ2n) is 4.96. The van der Waals surface area contributed by atoms with Crippen LogP contribution >= 0.6 is 15.9 Å². The third kappa shape index (κ3) is 2.43. The van der Waals surface area contributed by atoms with Gasteiger partial charge < -0.3 is 15.2 Å². The molecule has 0 saturated heterocycles. The third-order valence-corrected chi connectivity index (χ3v) is 3.50. The Labute approximate surface area is 110 Å². The molecule has 0 fully saturated rings. The van der Waals surface area contributed by atoms with Gasteiger partial charge in [0.25, 0.3) is 0 Å². The Morgan fingerprint density at radius 1 is 1.29 bits per heavy atom. The number of hydrogen-bond acceptors (Lipinski definition) is 3. The molecule has 1 aliphatic rings. The highest BCUT2D eigenvalue weighted by atomic mass is 79.9. The van der Waals surface area contributed by atoms with Gasteiger partial charge in [0.05, 0.1) is 13.2 Å². The molecule has 0 spiro atoms. The minimum atomic E-state index is -0.409. The second kappa shape index (κ2) is 4.50. The molecule has 4 heteroatoms. The molecule has 1 aromatic carbocycles. The number of fused-ring (bicyclic) bond motifs is 1. The molecule has 2 rings (SSSR count). The van der Waals surface area contributed by atoms with Crippen LogP contribution in [0.3, 0.4) is 0 Å². The highest BCUT2D eigenvalue weighted by Gasteiger charge is 2.26. The SMILES string of the molecule is Cc1c2c(cc(Br)c1C(C)(C)N)OCCCO2. The van der Waals surface area contributed by atoms with Crippen molar-refractivity contribution in [1.29, 1.82) is 0 Å². The molecular weight excluding hydrogens is 282 g/mol. The van der Waals surface area contributed by atoms with Crippen molar-refractivity contribution in [1.82, 2.24) is 0 Å². The molecule has 1 heterocycles. The lowest BCUT2D eigenvalue weighted by Gasteiger charge is -2.25. The summed E-state index contributed by atoms with van der Waals surface area (Å²) in [5.41, 5.74) is 7.93. The first-order valence-electron chi connectivity index (χ1n) is 5.79. The van der Waals surface area contributed by atoms with Gasteiger partial charge in [0.15, 0.2) is 11.5 Å². The average molecular weight is 300 g/mol. The van der Waals surface area contributed by atoms with E-state index in [0.717, 1.165) is 33.5 Å². The highest BCUT2D eigenvalue weighted by Crippen LogP contribution is 2.42. The number of halogens is 1. The molecule has 0 bridgehead atoms. The fraction of sp³-hybridized carbons (Fsp3) is 0.538. The molecule has 0 aliphatic carbocycles. The van der Waals surface area contributed by atoms with Crippen LogP contribution in [0.25, 0.3) is 0 Å². The normalized spacial score (nSPS) is 15.6. The molecule has 0 amide bonds. The van der Waals surface area contributed by atoms with Crippen LogP contribution in [-0.2, 0) is 5.54 Å². The van der Waals surface area contributed by atoms with Crippen LogP contribution in [0, 0.1) is 6.92 Å². The maximum Gasteiger partial charge on any atom is 0.164 e. The summed E-state index contributed by atoms with van der Waals surface area (Å²) in [5.74, 6) is 1.64. The lowest BCUT2D eigenvalue weighted by atomic mass is 9.91. The highest BCUT2D eigenvalue weighted by molar-refractivity contribution is 9.10. The van der Waals surface area contributed by atoms with Crippen molar-refractivity contribution in [3.05, 3.63) is 21.7 Å². The molecule has 0 atom stereocenters. The Hall–Kier alpha value is -0.740. The standard InChI is InChI=1S/C13H18BrNO2/c1-8-11(13(2,3)15)9(14)7-10-12(8)17-6-4-5-16-10/h7H,4-6,15H2,1-3H3. The van der Waals surface area contributed by atoms with Crippen molar-refractivity contribution in [2.24, 2.45) is 5.73 Å². The van der Waals surface area contributed by atoms with Gasteiger partial charge in [-0.3, -0.25) is 0 Å². The molecule has 3 nitrogen and oxygen atoms in total. The van der Waals surface area contributed by atoms with Gasteiger partial charge in [-0.25, -0.2) is 0 Å². The Kier molecular flexibility index (Phi) is 3.36. The van der Waals surface area contributed by atoms with E-state index in [4.69, 9.17) is 15.2 Å². The quantitative estimate of drug-likeness (QED) is 0.866. The minimum absolute atomic E-state index is 0.409. The van der Waals surface area contributed by atoms with E-state index in [1.165, 1.54) is 0 Å². The predicted molar refractivity (Wildman–Crippen MR) is 71.7 cm³/mol. The van der Waals surface area contributed by atoms with Gasteiger partial charge in [0.1, 0.15) is 0 Å². The van der Waals surface area contributed by atoms with Gasteiger partial charge in [0.2, 0.25) is 0 Å². The number of rotatable bonds is 1. The van der Waals surface area contributed by atoms with E-state index in [1.807, 2.05) is 26.8 Å². The van der Waals surface area contributed by atoms with E-state index >= 15 is 0 Å². The van der Waals surface area contributed by atoms with E-state index in [-0.39, 0.29) is 0 Å². The summed E-state index contributed by atoms with van der Waals surface area (Å²) in [5, 5.41) is 0. The van der Waals surface area contributed by atoms with Crippen molar-refractivity contribution in [2.45, 2.75) is 32.7 Å². The van der Waals surface area contributed by atoms with Gasteiger partial charge in [-0.05, 0) is 32.4 Å². The Morgan fingerprint density at radius 3 is 2.59 bits per heavy atom. The van der Waals surface area contributed by atoms with E-state index in [1.54, 1.807) is 0 Å². The Bertz CT molecular complexity index is 438. The van der Waals surface area contributed by atoms with Crippen LogP contribution in [0.15, 0.2) is 10.5 Å². The average Bonchev–Trinajstić information content (AvgIpc) is 2.40. The van der Waals surface area contributed by atoms with Gasteiger partial charge in [0, 0.05) is 22.0 Å². The van der Waals surface area contributed by atoms with Crippen LogP contribution in [0.4, 0.5) is 0 Å². The topological polar surface area (TPSA) is 44.5 Å². The number of nitrogens with two attached hydrogens (primary N) is 1. The monoisotopic (exact) mass is 299 g/mol. The summed E-state index contributed by atoms with van der Waals surface area (Å²) in [7, 11) is 0. The van der Waals surface area contributed by atoms with Crippen LogP contribution in [0.2, 0.25) is 0 Å². The summed E-state index contributed by atoms with van der Waals surface area (Å²) in [6.07, 6.45) is 0.910. The first-order chi connectivity index (χ1) is 7.91. The molecule has 0 saturated carbocycles. The zero-order valence-electron chi connectivity index (χ0n) is 10.5. The smallest absolute Gasteiger partial charge is 0.164 e. The summed E-state index contributed by atoms with van der Waals surface area (Å²) in [6.45, 7) is 7.40. The Morgan fingerprint density at radius 2 is 1.94 bits per heavy atom. The van der Waals surface area contributed by atoms with Gasteiger partial charge in [-0.15, -0.1) is 0 Å². The lowest BCUT2D eigenvalue weighted by Crippen LogP contribution is -2.30. The van der Waals surface area contributed by atoms with Crippen LogP contribution in [0.1, 0.15) is 31.4 Å². The predicted octanol–water partition coefficient (Wildman–Crippen LogP) is 3.11. The molecule has 0 radical (unpaired) electrons. The third-order valence-electron chi connectivity index (χ3n) is 2.87. The molecular formula is C13H18BrNO2. The van der Waals surface area contributed by atoms with Gasteiger partial charge in [-0.2, -0.15) is 0 Å². The lowest BCUT2D eigenvalue weighted by molar-refractivity contribution is 0.296. The van der Waals surface area contributed by atoms with Gasteiger partial charge in [-0.1, -0.05) is 15.9 Å². The summed E-state index contributed by atoms with van der Waals surface area (Å²) in [4.78, 5) is 0. The molecule has 2 N–H and O–H groups in total. The summed E-state index contributed by atoms with van der Waals surface area (Å²) < 4.78 is 12.4. The van der Waals surface area contributed by atoms with Gasteiger partial charge >= 0.3 is 0 Å². The first kappa shape index (κ1) is 12.7. The molecule has 0 unspecified atom stereocenters. The molecule has 1 aliphatic heterocycles. The van der Waals surface area contributed by atoms with Crippen molar-refractivity contribution in [2.75, 3.05) is 13.2 Å². The molecule has 17 heavy (non-hydrogen) atoms. The van der Waals surface area contributed by atoms with Crippen molar-refractivity contribution < 1.29 is 9.47 Å². The van der Waals surface area contributed by atoms with E-state index < -0.39 is 5.54 Å². The maximum absolute atomic E-state index is 6.20. The Balaban J connectivity index is 2.61. The maximum atomic E-state index is 6.20. The number of hydrogen-bond donors (Lipinski definition) is 1. The molecule has 0 aromatic heterocycles. The molecule has 1 aromatic rings. The zero-order valence-corrected chi connectivity index (χ0v) is 12.1. The number of ether oxygens (including phenoxy) is 2. The van der Waals surface area contributed by atoms with Crippen LogP contribution in [0.5, 0.6) is 11.5 Å².